The zero-order chi connectivity index (χ0) is 16.4. The summed E-state index contributed by atoms with van der Waals surface area (Å²) in [5.41, 5.74) is 6.59. The number of anilines is 1. The van der Waals surface area contributed by atoms with Gasteiger partial charge in [-0.15, -0.1) is 0 Å². The number of benzene rings is 1. The molecule has 8 heteroatoms. The fourth-order valence-electron chi connectivity index (χ4n) is 3.00. The van der Waals surface area contributed by atoms with Crippen molar-refractivity contribution in [2.45, 2.75) is 18.9 Å². The topological polar surface area (TPSA) is 48.1 Å². The first-order valence-corrected chi connectivity index (χ1v) is 9.27. The van der Waals surface area contributed by atoms with Crippen LogP contribution in [0.15, 0.2) is 34.8 Å². The Labute approximate surface area is 159 Å². The number of hydrazine groups is 1. The zero-order valence-corrected chi connectivity index (χ0v) is 16.1. The summed E-state index contributed by atoms with van der Waals surface area (Å²) in [5, 5.41) is 7.96. The van der Waals surface area contributed by atoms with Gasteiger partial charge in [0.25, 0.3) is 0 Å². The number of halogens is 2. The number of allylic oxidation sites excluding steroid dienone is 1. The second kappa shape index (κ2) is 7.34. The summed E-state index contributed by atoms with van der Waals surface area (Å²) < 4.78 is 0.840. The first-order valence-electron chi connectivity index (χ1n) is 7.28. The van der Waals surface area contributed by atoms with Crippen LogP contribution in [0.5, 0.6) is 0 Å². The third-order valence-corrected chi connectivity index (χ3v) is 5.72. The highest BCUT2D eigenvalue weighted by Crippen LogP contribution is 2.38. The van der Waals surface area contributed by atoms with Crippen LogP contribution in [0.4, 0.5) is 5.69 Å². The van der Waals surface area contributed by atoms with Gasteiger partial charge in [-0.05, 0) is 83.2 Å². The van der Waals surface area contributed by atoms with E-state index in [-0.39, 0.29) is 0 Å². The predicted octanol–water partition coefficient (Wildman–Crippen LogP) is 3.73. The van der Waals surface area contributed by atoms with Gasteiger partial charge in [-0.1, -0.05) is 23.8 Å². The Hall–Kier alpha value is -0.890. The quantitative estimate of drug-likeness (QED) is 0.325. The molecule has 0 spiro atoms. The lowest BCUT2D eigenvalue weighted by Crippen LogP contribution is -2.51. The minimum atomic E-state index is 0.415. The van der Waals surface area contributed by atoms with Crippen LogP contribution in [-0.4, -0.2) is 16.3 Å². The van der Waals surface area contributed by atoms with Crippen LogP contribution in [0.2, 0.25) is 5.02 Å². The van der Waals surface area contributed by atoms with Crippen molar-refractivity contribution in [2.24, 2.45) is 11.8 Å². The average molecular weight is 432 g/mol. The maximum absolute atomic E-state index is 6.05. The molecule has 1 fully saturated rings. The van der Waals surface area contributed by atoms with Gasteiger partial charge in [0.05, 0.1) is 5.02 Å². The summed E-state index contributed by atoms with van der Waals surface area (Å²) in [6.45, 7) is 0. The summed E-state index contributed by atoms with van der Waals surface area (Å²) in [6, 6.07) is 5.94. The molecule has 0 unspecified atom stereocenters. The molecular weight excluding hydrogens is 416 g/mol. The highest BCUT2D eigenvalue weighted by Gasteiger charge is 2.35. The van der Waals surface area contributed by atoms with E-state index in [1.165, 1.54) is 6.42 Å². The lowest BCUT2D eigenvalue weighted by atomic mass is 10.0. The van der Waals surface area contributed by atoms with Crippen molar-refractivity contribution in [3.63, 3.8) is 0 Å². The maximum Gasteiger partial charge on any atom is 0.189 e. The van der Waals surface area contributed by atoms with Crippen LogP contribution in [-0.2, 0) is 0 Å². The van der Waals surface area contributed by atoms with E-state index in [9.17, 15) is 0 Å². The molecule has 2 aliphatic carbocycles. The van der Waals surface area contributed by atoms with Gasteiger partial charge < -0.3 is 10.6 Å². The summed E-state index contributed by atoms with van der Waals surface area (Å²) in [5.74, 6) is 1.30. The van der Waals surface area contributed by atoms with Crippen LogP contribution < -0.4 is 21.5 Å². The Bertz CT molecular complexity index is 667. The Morgan fingerprint density at radius 1 is 1.13 bits per heavy atom. The normalized spacial score (nSPS) is 24.3. The summed E-state index contributed by atoms with van der Waals surface area (Å²) in [6.07, 6.45) is 6.96. The van der Waals surface area contributed by atoms with Gasteiger partial charge in [-0.2, -0.15) is 0 Å². The lowest BCUT2D eigenvalue weighted by molar-refractivity contribution is 0.518. The Kier molecular flexibility index (Phi) is 5.41. The van der Waals surface area contributed by atoms with Crippen molar-refractivity contribution in [2.75, 3.05) is 5.32 Å². The molecule has 0 aliphatic heterocycles. The lowest BCUT2D eigenvalue weighted by Gasteiger charge is -2.22. The van der Waals surface area contributed by atoms with Crippen molar-refractivity contribution >= 4 is 67.9 Å². The van der Waals surface area contributed by atoms with Crippen LogP contribution in [0.3, 0.4) is 0 Å². The van der Waals surface area contributed by atoms with Gasteiger partial charge in [0.1, 0.15) is 0 Å². The third kappa shape index (κ3) is 4.35. The van der Waals surface area contributed by atoms with E-state index in [4.69, 9.17) is 36.0 Å². The molecule has 1 aromatic carbocycles. The second-order valence-electron chi connectivity index (χ2n) is 5.69. The highest BCUT2D eigenvalue weighted by molar-refractivity contribution is 9.10. The van der Waals surface area contributed by atoms with E-state index in [0.717, 1.165) is 16.6 Å². The zero-order valence-electron chi connectivity index (χ0n) is 12.1. The van der Waals surface area contributed by atoms with Crippen LogP contribution in [0, 0.1) is 11.8 Å². The molecule has 0 amide bonds. The van der Waals surface area contributed by atoms with Crippen molar-refractivity contribution in [3.8, 4) is 0 Å². The molecule has 4 nitrogen and oxygen atoms in total. The third-order valence-electron chi connectivity index (χ3n) is 4.06. The largest absolute Gasteiger partial charge is 0.358 e. The Morgan fingerprint density at radius 2 is 1.91 bits per heavy atom. The number of rotatable bonds is 2. The van der Waals surface area contributed by atoms with Crippen LogP contribution in [0.25, 0.3) is 0 Å². The predicted molar refractivity (Wildman–Crippen MR) is 107 cm³/mol. The molecule has 3 atom stereocenters. The number of hydrogen-bond acceptors (Lipinski definition) is 2. The van der Waals surface area contributed by atoms with Gasteiger partial charge in [0.2, 0.25) is 0 Å². The Balaban J connectivity index is 1.42. The standard InChI is InChI=1S/C15H16BrClN4S2/c16-11-4-3-10(7-12(11)17)18-14(22)20-21-15(23)19-13-6-8-1-2-9(13)5-8/h1-4,7-9,13H,5-6H2,(H2,18,20,22)(H2,19,21,23)/t8-,9-,13-/m0/s1. The maximum atomic E-state index is 6.05. The van der Waals surface area contributed by atoms with Crippen LogP contribution in [0.1, 0.15) is 12.8 Å². The average Bonchev–Trinajstić information content (AvgIpc) is 3.12. The fraction of sp³-hybridized carbons (Fsp3) is 0.333. The first-order chi connectivity index (χ1) is 11.0. The van der Waals surface area contributed by atoms with Gasteiger partial charge in [0, 0.05) is 16.2 Å². The first kappa shape index (κ1) is 17.0. The number of hydrogen-bond donors (Lipinski definition) is 4. The minimum absolute atomic E-state index is 0.415. The molecule has 2 bridgehead atoms. The van der Waals surface area contributed by atoms with Crippen molar-refractivity contribution in [1.82, 2.24) is 16.2 Å². The molecule has 1 aromatic rings. The number of thiocarbonyl (C=S) groups is 2. The van der Waals surface area contributed by atoms with E-state index in [1.807, 2.05) is 12.1 Å². The summed E-state index contributed by atoms with van der Waals surface area (Å²) in [4.78, 5) is 0. The molecule has 4 N–H and O–H groups in total. The van der Waals surface area contributed by atoms with Gasteiger partial charge >= 0.3 is 0 Å². The van der Waals surface area contributed by atoms with E-state index in [1.54, 1.807) is 6.07 Å². The Morgan fingerprint density at radius 3 is 2.57 bits per heavy atom. The molecule has 0 heterocycles. The van der Waals surface area contributed by atoms with Crippen molar-refractivity contribution in [1.29, 1.82) is 0 Å². The smallest absolute Gasteiger partial charge is 0.189 e. The van der Waals surface area contributed by atoms with Gasteiger partial charge in [-0.25, -0.2) is 0 Å². The van der Waals surface area contributed by atoms with E-state index in [2.05, 4.69) is 49.6 Å². The second-order valence-corrected chi connectivity index (χ2v) is 7.77. The SMILES string of the molecule is S=C(NNC(=S)N[C@H]1C[C@H]2C=C[C@H]1C2)Nc1ccc(Br)c(Cl)c1. The van der Waals surface area contributed by atoms with Gasteiger partial charge in [0.15, 0.2) is 10.2 Å². The summed E-state index contributed by atoms with van der Waals surface area (Å²) in [7, 11) is 0. The monoisotopic (exact) mass is 430 g/mol. The molecule has 0 saturated heterocycles. The molecule has 122 valence electrons. The van der Waals surface area contributed by atoms with E-state index in [0.29, 0.717) is 33.1 Å². The molecule has 3 rings (SSSR count). The van der Waals surface area contributed by atoms with E-state index < -0.39 is 0 Å². The molecule has 23 heavy (non-hydrogen) atoms. The van der Waals surface area contributed by atoms with Crippen LogP contribution >= 0.6 is 52.0 Å². The minimum Gasteiger partial charge on any atom is -0.358 e. The van der Waals surface area contributed by atoms with Gasteiger partial charge in [-0.3, -0.25) is 10.9 Å². The van der Waals surface area contributed by atoms with E-state index >= 15 is 0 Å². The molecule has 2 aliphatic rings. The summed E-state index contributed by atoms with van der Waals surface area (Å²) >= 11 is 19.9. The molecule has 0 aromatic heterocycles. The molecule has 0 radical (unpaired) electrons. The van der Waals surface area contributed by atoms with Crippen molar-refractivity contribution in [3.05, 3.63) is 39.8 Å². The molecular formula is C15H16BrClN4S2. The number of fused-ring (bicyclic) bond motifs is 2. The van der Waals surface area contributed by atoms with Crippen molar-refractivity contribution < 1.29 is 0 Å². The fourth-order valence-corrected chi connectivity index (χ4v) is 3.80. The molecule has 1 saturated carbocycles. The number of nitrogens with one attached hydrogen (secondary N) is 4. The highest BCUT2D eigenvalue weighted by atomic mass is 79.9.